The molecule has 0 heterocycles. The lowest BCUT2D eigenvalue weighted by Crippen LogP contribution is -2.46. The van der Waals surface area contributed by atoms with Crippen LogP contribution in [0, 0.1) is 5.82 Å². The van der Waals surface area contributed by atoms with Gasteiger partial charge in [0.25, 0.3) is 5.91 Å². The van der Waals surface area contributed by atoms with E-state index in [4.69, 9.17) is 4.74 Å². The first-order chi connectivity index (χ1) is 9.93. The van der Waals surface area contributed by atoms with Crippen LogP contribution in [-0.2, 0) is 14.3 Å². The molecule has 0 radical (unpaired) electrons. The van der Waals surface area contributed by atoms with Crippen molar-refractivity contribution in [1.82, 2.24) is 10.6 Å². The molecule has 21 heavy (non-hydrogen) atoms. The van der Waals surface area contributed by atoms with Crippen LogP contribution in [0.2, 0.25) is 0 Å². The monoisotopic (exact) mass is 296 g/mol. The van der Waals surface area contributed by atoms with Crippen molar-refractivity contribution in [3.8, 4) is 0 Å². The van der Waals surface area contributed by atoms with Gasteiger partial charge in [0.15, 0.2) is 6.61 Å². The highest BCUT2D eigenvalue weighted by Crippen LogP contribution is 2.05. The standard InChI is InChI=1S/C14H17FN2O4/c1-3-16-13(19)9(2)17-12(18)8-21-14(20)10-5-4-6-11(15)7-10/h4-7,9H,3,8H2,1-2H3,(H,16,19)(H,17,18)/t9-/m0/s1. The lowest BCUT2D eigenvalue weighted by atomic mass is 10.2. The molecular weight excluding hydrogens is 279 g/mol. The summed E-state index contributed by atoms with van der Waals surface area (Å²) in [6.07, 6.45) is 0. The second-order valence-electron chi connectivity index (χ2n) is 4.27. The number of carbonyl (C=O) groups is 3. The number of ether oxygens (including phenoxy) is 1. The summed E-state index contributed by atoms with van der Waals surface area (Å²) in [5, 5.41) is 4.92. The number of carbonyl (C=O) groups excluding carboxylic acids is 3. The molecule has 1 rings (SSSR count). The summed E-state index contributed by atoms with van der Waals surface area (Å²) in [6.45, 7) is 3.18. The number of nitrogens with one attached hydrogen (secondary N) is 2. The summed E-state index contributed by atoms with van der Waals surface area (Å²) in [5.74, 6) is -2.32. The maximum absolute atomic E-state index is 12.9. The van der Waals surface area contributed by atoms with E-state index in [0.717, 1.165) is 6.07 Å². The van der Waals surface area contributed by atoms with Crippen molar-refractivity contribution in [2.24, 2.45) is 0 Å². The summed E-state index contributed by atoms with van der Waals surface area (Å²) in [4.78, 5) is 34.5. The van der Waals surface area contributed by atoms with Crippen molar-refractivity contribution in [3.05, 3.63) is 35.6 Å². The summed E-state index contributed by atoms with van der Waals surface area (Å²) < 4.78 is 17.7. The normalized spacial score (nSPS) is 11.4. The SMILES string of the molecule is CCNC(=O)[C@H](C)NC(=O)COC(=O)c1cccc(F)c1. The predicted octanol–water partition coefficient (Wildman–Crippen LogP) is 0.623. The molecule has 0 saturated carbocycles. The maximum Gasteiger partial charge on any atom is 0.338 e. The van der Waals surface area contributed by atoms with Gasteiger partial charge in [-0.05, 0) is 32.0 Å². The molecule has 114 valence electrons. The first-order valence-electron chi connectivity index (χ1n) is 6.43. The first-order valence-corrected chi connectivity index (χ1v) is 6.43. The van der Waals surface area contributed by atoms with Crippen molar-refractivity contribution in [2.45, 2.75) is 19.9 Å². The summed E-state index contributed by atoms with van der Waals surface area (Å²) in [6, 6.07) is 4.21. The molecule has 0 aliphatic carbocycles. The van der Waals surface area contributed by atoms with E-state index in [1.165, 1.54) is 25.1 Å². The zero-order valence-electron chi connectivity index (χ0n) is 11.8. The van der Waals surface area contributed by atoms with E-state index in [1.54, 1.807) is 6.92 Å². The minimum Gasteiger partial charge on any atom is -0.452 e. The van der Waals surface area contributed by atoms with E-state index in [2.05, 4.69) is 10.6 Å². The number of amides is 2. The molecule has 0 unspecified atom stereocenters. The van der Waals surface area contributed by atoms with Crippen LogP contribution in [0.1, 0.15) is 24.2 Å². The molecule has 0 aliphatic rings. The van der Waals surface area contributed by atoms with E-state index >= 15 is 0 Å². The fourth-order valence-electron chi connectivity index (χ4n) is 1.51. The van der Waals surface area contributed by atoms with E-state index in [1.807, 2.05) is 0 Å². The van der Waals surface area contributed by atoms with Gasteiger partial charge in [0, 0.05) is 6.54 Å². The molecule has 2 N–H and O–H groups in total. The largest absolute Gasteiger partial charge is 0.452 e. The minimum absolute atomic E-state index is 0.0135. The predicted molar refractivity (Wildman–Crippen MR) is 73.0 cm³/mol. The van der Waals surface area contributed by atoms with Crippen LogP contribution in [0.15, 0.2) is 24.3 Å². The number of esters is 1. The number of hydrogen-bond acceptors (Lipinski definition) is 4. The molecule has 2 amide bonds. The van der Waals surface area contributed by atoms with Crippen molar-refractivity contribution in [1.29, 1.82) is 0 Å². The van der Waals surface area contributed by atoms with Crippen LogP contribution in [0.3, 0.4) is 0 Å². The van der Waals surface area contributed by atoms with E-state index in [9.17, 15) is 18.8 Å². The lowest BCUT2D eigenvalue weighted by Gasteiger charge is -2.13. The summed E-state index contributed by atoms with van der Waals surface area (Å²) in [5.41, 5.74) is 0.0135. The van der Waals surface area contributed by atoms with Gasteiger partial charge < -0.3 is 15.4 Å². The Balaban J connectivity index is 2.42. The van der Waals surface area contributed by atoms with Crippen LogP contribution in [0.25, 0.3) is 0 Å². The zero-order valence-corrected chi connectivity index (χ0v) is 11.8. The van der Waals surface area contributed by atoms with Gasteiger partial charge in [-0.3, -0.25) is 9.59 Å². The van der Waals surface area contributed by atoms with Crippen LogP contribution in [0.5, 0.6) is 0 Å². The number of hydrogen-bond donors (Lipinski definition) is 2. The van der Waals surface area contributed by atoms with Crippen molar-refractivity contribution < 1.29 is 23.5 Å². The molecule has 1 aromatic carbocycles. The fraction of sp³-hybridized carbons (Fsp3) is 0.357. The quantitative estimate of drug-likeness (QED) is 0.754. The Morgan fingerprint density at radius 2 is 2.05 bits per heavy atom. The number of benzene rings is 1. The Hall–Kier alpha value is -2.44. The van der Waals surface area contributed by atoms with Crippen LogP contribution in [0.4, 0.5) is 4.39 Å². The van der Waals surface area contributed by atoms with E-state index < -0.39 is 30.3 Å². The third-order valence-electron chi connectivity index (χ3n) is 2.52. The van der Waals surface area contributed by atoms with Gasteiger partial charge in [-0.15, -0.1) is 0 Å². The van der Waals surface area contributed by atoms with Crippen molar-refractivity contribution in [3.63, 3.8) is 0 Å². The maximum atomic E-state index is 12.9. The van der Waals surface area contributed by atoms with Crippen LogP contribution in [-0.4, -0.2) is 37.0 Å². The smallest absolute Gasteiger partial charge is 0.338 e. The number of rotatable bonds is 6. The molecule has 7 heteroatoms. The van der Waals surface area contributed by atoms with Crippen molar-refractivity contribution >= 4 is 17.8 Å². The average Bonchev–Trinajstić information content (AvgIpc) is 2.45. The van der Waals surface area contributed by atoms with Gasteiger partial charge in [-0.25, -0.2) is 9.18 Å². The highest BCUT2D eigenvalue weighted by Gasteiger charge is 2.16. The fourth-order valence-corrected chi connectivity index (χ4v) is 1.51. The average molecular weight is 296 g/mol. The van der Waals surface area contributed by atoms with Gasteiger partial charge >= 0.3 is 5.97 Å². The van der Waals surface area contributed by atoms with E-state index in [-0.39, 0.29) is 11.5 Å². The molecule has 0 aromatic heterocycles. The number of likely N-dealkylation sites (N-methyl/N-ethyl adjacent to an activating group) is 1. The Kier molecular flexibility index (Phi) is 6.32. The van der Waals surface area contributed by atoms with Gasteiger partial charge in [-0.2, -0.15) is 0 Å². The molecule has 0 saturated heterocycles. The Morgan fingerprint density at radius 1 is 1.33 bits per heavy atom. The second-order valence-corrected chi connectivity index (χ2v) is 4.27. The Bertz CT molecular complexity index is 533. The van der Waals surface area contributed by atoms with Gasteiger partial charge in [0.2, 0.25) is 5.91 Å². The van der Waals surface area contributed by atoms with Crippen LogP contribution < -0.4 is 10.6 Å². The molecular formula is C14H17FN2O4. The highest BCUT2D eigenvalue weighted by atomic mass is 19.1. The Labute approximate surface area is 121 Å². The van der Waals surface area contributed by atoms with Gasteiger partial charge in [0.1, 0.15) is 11.9 Å². The van der Waals surface area contributed by atoms with Crippen molar-refractivity contribution in [2.75, 3.05) is 13.2 Å². The minimum atomic E-state index is -0.810. The summed E-state index contributed by atoms with van der Waals surface area (Å²) >= 11 is 0. The van der Waals surface area contributed by atoms with Crippen LogP contribution >= 0.6 is 0 Å². The molecule has 0 bridgehead atoms. The van der Waals surface area contributed by atoms with E-state index in [0.29, 0.717) is 6.54 Å². The third-order valence-corrected chi connectivity index (χ3v) is 2.52. The first kappa shape index (κ1) is 16.6. The third kappa shape index (κ3) is 5.60. The second kappa shape index (κ2) is 7.98. The Morgan fingerprint density at radius 3 is 2.67 bits per heavy atom. The lowest BCUT2D eigenvalue weighted by molar-refractivity contribution is -0.130. The molecule has 0 aliphatic heterocycles. The van der Waals surface area contributed by atoms with Gasteiger partial charge in [0.05, 0.1) is 5.56 Å². The molecule has 1 aromatic rings. The summed E-state index contributed by atoms with van der Waals surface area (Å²) in [7, 11) is 0. The topological polar surface area (TPSA) is 84.5 Å². The molecule has 6 nitrogen and oxygen atoms in total. The number of halogens is 1. The highest BCUT2D eigenvalue weighted by molar-refractivity contribution is 5.92. The van der Waals surface area contributed by atoms with Gasteiger partial charge in [-0.1, -0.05) is 6.07 Å². The molecule has 0 fully saturated rings. The zero-order chi connectivity index (χ0) is 15.8. The molecule has 1 atom stereocenters. The molecule has 0 spiro atoms.